The predicted octanol–water partition coefficient (Wildman–Crippen LogP) is 4.69. The van der Waals surface area contributed by atoms with Gasteiger partial charge in [-0.05, 0) is 36.4 Å². The monoisotopic (exact) mass is 433 g/mol. The fourth-order valence-electron chi connectivity index (χ4n) is 2.30. The van der Waals surface area contributed by atoms with Gasteiger partial charge in [-0.15, -0.1) is 0 Å². The number of nitro benzene ring substituents is 1. The summed E-state index contributed by atoms with van der Waals surface area (Å²) < 4.78 is 10.8. The maximum atomic E-state index is 11.8. The third-order valence-electron chi connectivity index (χ3n) is 3.63. The molecule has 0 aliphatic carbocycles. The molecule has 0 aliphatic rings. The number of nitro groups is 1. The molecular weight excluding hydrogens is 421 g/mol. The Balaban J connectivity index is 1.55. The third-order valence-corrected chi connectivity index (χ3v) is 4.37. The van der Waals surface area contributed by atoms with Gasteiger partial charge in [-0.1, -0.05) is 35.3 Å². The van der Waals surface area contributed by atoms with Crippen LogP contribution in [0.25, 0.3) is 11.3 Å². The van der Waals surface area contributed by atoms with E-state index >= 15 is 0 Å². The number of rotatable bonds is 7. The van der Waals surface area contributed by atoms with Gasteiger partial charge in [-0.2, -0.15) is 5.10 Å². The van der Waals surface area contributed by atoms with Crippen molar-refractivity contribution in [3.63, 3.8) is 0 Å². The second kappa shape index (κ2) is 9.22. The van der Waals surface area contributed by atoms with Gasteiger partial charge >= 0.3 is 5.69 Å². The quantitative estimate of drug-likeness (QED) is 0.330. The molecule has 0 aliphatic heterocycles. The molecule has 148 valence electrons. The molecule has 0 spiro atoms. The molecular formula is C19H13Cl2N3O5. The molecule has 0 radical (unpaired) electrons. The van der Waals surface area contributed by atoms with Gasteiger partial charge in [-0.25, -0.2) is 5.43 Å². The lowest BCUT2D eigenvalue weighted by Crippen LogP contribution is -2.24. The van der Waals surface area contributed by atoms with Crippen LogP contribution in [0, 0.1) is 10.1 Å². The van der Waals surface area contributed by atoms with Crippen molar-refractivity contribution >= 4 is 41.0 Å². The van der Waals surface area contributed by atoms with Gasteiger partial charge < -0.3 is 9.15 Å². The lowest BCUT2D eigenvalue weighted by molar-refractivity contribution is -0.385. The largest absolute Gasteiger partial charge is 0.477 e. The van der Waals surface area contributed by atoms with E-state index in [0.717, 1.165) is 5.56 Å². The summed E-state index contributed by atoms with van der Waals surface area (Å²) in [7, 11) is 0. The average Bonchev–Trinajstić information content (AvgIpc) is 3.17. The van der Waals surface area contributed by atoms with E-state index in [2.05, 4.69) is 10.5 Å². The molecule has 0 saturated heterocycles. The molecule has 1 amide bonds. The summed E-state index contributed by atoms with van der Waals surface area (Å²) in [6, 6.07) is 14.2. The number of furan rings is 1. The average molecular weight is 434 g/mol. The molecule has 1 aromatic heterocycles. The number of para-hydroxylation sites is 2. The molecule has 1 N–H and O–H groups in total. The zero-order valence-electron chi connectivity index (χ0n) is 14.7. The highest BCUT2D eigenvalue weighted by Gasteiger charge is 2.14. The van der Waals surface area contributed by atoms with E-state index < -0.39 is 17.4 Å². The zero-order valence-corrected chi connectivity index (χ0v) is 16.2. The number of halogens is 2. The normalized spacial score (nSPS) is 10.8. The first-order valence-corrected chi connectivity index (χ1v) is 8.93. The fraction of sp³-hybridized carbons (Fsp3) is 0.0526. The van der Waals surface area contributed by atoms with Gasteiger partial charge in [0.05, 0.1) is 21.2 Å². The highest BCUT2D eigenvalue weighted by atomic mass is 35.5. The van der Waals surface area contributed by atoms with Crippen molar-refractivity contribution in [2.24, 2.45) is 5.10 Å². The van der Waals surface area contributed by atoms with Gasteiger partial charge in [0.25, 0.3) is 5.91 Å². The van der Waals surface area contributed by atoms with E-state index in [1.807, 2.05) is 0 Å². The van der Waals surface area contributed by atoms with Crippen molar-refractivity contribution in [3.05, 3.63) is 80.5 Å². The van der Waals surface area contributed by atoms with Crippen LogP contribution in [0.15, 0.2) is 64.1 Å². The minimum absolute atomic E-state index is 0.00562. The fourth-order valence-corrected chi connectivity index (χ4v) is 2.60. The van der Waals surface area contributed by atoms with E-state index in [0.29, 0.717) is 21.6 Å². The summed E-state index contributed by atoms with van der Waals surface area (Å²) in [5.74, 6) is 0.353. The van der Waals surface area contributed by atoms with Crippen molar-refractivity contribution in [2.45, 2.75) is 0 Å². The lowest BCUT2D eigenvalue weighted by atomic mass is 10.2. The molecule has 0 bridgehead atoms. The Hall–Kier alpha value is -3.36. The van der Waals surface area contributed by atoms with Crippen LogP contribution in [0.3, 0.4) is 0 Å². The van der Waals surface area contributed by atoms with E-state index in [9.17, 15) is 14.9 Å². The summed E-state index contributed by atoms with van der Waals surface area (Å²) >= 11 is 11.9. The number of carbonyl (C=O) groups excluding carboxylic acids is 1. The van der Waals surface area contributed by atoms with Crippen LogP contribution in [0.5, 0.6) is 5.75 Å². The van der Waals surface area contributed by atoms with Gasteiger partial charge in [-0.3, -0.25) is 14.9 Å². The summed E-state index contributed by atoms with van der Waals surface area (Å²) in [6.45, 7) is -0.436. The molecule has 0 saturated carbocycles. The van der Waals surface area contributed by atoms with Crippen molar-refractivity contribution < 1.29 is 18.9 Å². The van der Waals surface area contributed by atoms with Crippen LogP contribution in [0.1, 0.15) is 5.76 Å². The molecule has 1 heterocycles. The number of nitrogens with zero attached hydrogens (tertiary/aromatic N) is 2. The predicted molar refractivity (Wildman–Crippen MR) is 108 cm³/mol. The Morgan fingerprint density at radius 3 is 2.72 bits per heavy atom. The van der Waals surface area contributed by atoms with Crippen LogP contribution in [0.4, 0.5) is 5.69 Å². The second-order valence-corrected chi connectivity index (χ2v) is 6.45. The first-order valence-electron chi connectivity index (χ1n) is 8.17. The van der Waals surface area contributed by atoms with Crippen molar-refractivity contribution in [2.75, 3.05) is 6.61 Å². The molecule has 29 heavy (non-hydrogen) atoms. The molecule has 3 aromatic rings. The van der Waals surface area contributed by atoms with Gasteiger partial charge in [0, 0.05) is 11.6 Å². The molecule has 0 fully saturated rings. The van der Waals surface area contributed by atoms with Gasteiger partial charge in [0.1, 0.15) is 11.5 Å². The number of hydrogen-bond donors (Lipinski definition) is 1. The Morgan fingerprint density at radius 2 is 1.97 bits per heavy atom. The van der Waals surface area contributed by atoms with Gasteiger partial charge in [0.15, 0.2) is 12.4 Å². The molecule has 3 rings (SSSR count). The van der Waals surface area contributed by atoms with Gasteiger partial charge in [0.2, 0.25) is 0 Å². The molecule has 10 heteroatoms. The number of carbonyl (C=O) groups is 1. The van der Waals surface area contributed by atoms with Crippen LogP contribution in [-0.4, -0.2) is 23.7 Å². The lowest BCUT2D eigenvalue weighted by Gasteiger charge is -2.05. The van der Waals surface area contributed by atoms with Crippen LogP contribution < -0.4 is 10.2 Å². The SMILES string of the molecule is O=C(COc1ccccc1[N+](=O)[O-])N/N=C\c1ccc(-c2ccc(Cl)c(Cl)c2)o1. The van der Waals surface area contributed by atoms with Crippen LogP contribution in [-0.2, 0) is 4.79 Å². The number of hydrazone groups is 1. The summed E-state index contributed by atoms with van der Waals surface area (Å²) in [5.41, 5.74) is 2.76. The summed E-state index contributed by atoms with van der Waals surface area (Å²) in [6.07, 6.45) is 1.31. The van der Waals surface area contributed by atoms with Crippen molar-refractivity contribution in [3.8, 4) is 17.1 Å². The summed E-state index contributed by atoms with van der Waals surface area (Å²) in [5, 5.41) is 15.5. The zero-order chi connectivity index (χ0) is 20.8. The maximum Gasteiger partial charge on any atom is 0.310 e. The first-order chi connectivity index (χ1) is 13.9. The summed E-state index contributed by atoms with van der Waals surface area (Å²) in [4.78, 5) is 22.1. The highest BCUT2D eigenvalue weighted by Crippen LogP contribution is 2.29. The Kier molecular flexibility index (Phi) is 6.48. The number of hydrogen-bond acceptors (Lipinski definition) is 6. The van der Waals surface area contributed by atoms with E-state index in [1.54, 1.807) is 36.4 Å². The van der Waals surface area contributed by atoms with Crippen molar-refractivity contribution in [1.82, 2.24) is 5.43 Å². The van der Waals surface area contributed by atoms with Crippen LogP contribution in [0.2, 0.25) is 10.0 Å². The Bertz CT molecular complexity index is 1080. The third kappa shape index (κ3) is 5.34. The molecule has 0 unspecified atom stereocenters. The minimum atomic E-state index is -0.590. The van der Waals surface area contributed by atoms with E-state index in [1.165, 1.54) is 24.4 Å². The number of benzene rings is 2. The number of nitrogens with one attached hydrogen (secondary N) is 1. The van der Waals surface area contributed by atoms with Crippen molar-refractivity contribution in [1.29, 1.82) is 0 Å². The maximum absolute atomic E-state index is 11.8. The topological polar surface area (TPSA) is 107 Å². The highest BCUT2D eigenvalue weighted by molar-refractivity contribution is 6.42. The second-order valence-electron chi connectivity index (χ2n) is 5.64. The number of ether oxygens (including phenoxy) is 1. The van der Waals surface area contributed by atoms with E-state index in [4.69, 9.17) is 32.4 Å². The van der Waals surface area contributed by atoms with E-state index in [-0.39, 0.29) is 11.4 Å². The minimum Gasteiger partial charge on any atom is -0.477 e. The number of amides is 1. The first kappa shape index (κ1) is 20.4. The van der Waals surface area contributed by atoms with Crippen LogP contribution >= 0.6 is 23.2 Å². The Labute approximate surface area is 174 Å². The molecule has 2 aromatic carbocycles. The Morgan fingerprint density at radius 1 is 1.17 bits per heavy atom. The molecule has 0 atom stereocenters. The standard InChI is InChI=1S/C19H13Cl2N3O5/c20-14-7-5-12(9-15(14)21)17-8-6-13(29-17)10-22-23-19(25)11-28-18-4-2-1-3-16(18)24(26)27/h1-10H,11H2,(H,23,25)/b22-10-. The smallest absolute Gasteiger partial charge is 0.310 e. The molecule has 8 nitrogen and oxygen atoms in total.